The van der Waals surface area contributed by atoms with E-state index in [0.29, 0.717) is 45.5 Å². The summed E-state index contributed by atoms with van der Waals surface area (Å²) in [6.07, 6.45) is 1.06. The number of carbonyl (C=O) groups is 2. The van der Waals surface area contributed by atoms with Crippen LogP contribution < -0.4 is 10.1 Å². The molecule has 0 aliphatic rings. The highest BCUT2D eigenvalue weighted by atomic mass is 32.1. The number of carboxylic acids is 1. The highest BCUT2D eigenvalue weighted by Gasteiger charge is 2.23. The largest absolute Gasteiger partial charge is 0.478 e. The Kier molecular flexibility index (Phi) is 9.47. The van der Waals surface area contributed by atoms with Gasteiger partial charge in [-0.3, -0.25) is 10.1 Å². The van der Waals surface area contributed by atoms with Crippen molar-refractivity contribution in [1.82, 2.24) is 19.5 Å². The van der Waals surface area contributed by atoms with Crippen LogP contribution in [0, 0.1) is 17.1 Å². The molecule has 0 radical (unpaired) electrons. The summed E-state index contributed by atoms with van der Waals surface area (Å²) in [4.78, 5) is 38.3. The van der Waals surface area contributed by atoms with Crippen LogP contribution in [0.2, 0.25) is 0 Å². The molecule has 48 heavy (non-hydrogen) atoms. The number of benzene rings is 3. The lowest BCUT2D eigenvalue weighted by Crippen LogP contribution is -2.34. The van der Waals surface area contributed by atoms with Crippen molar-refractivity contribution >= 4 is 39.4 Å². The summed E-state index contributed by atoms with van der Waals surface area (Å²) in [6, 6.07) is 23.8. The first-order valence-electron chi connectivity index (χ1n) is 14.6. The second-order valence-corrected chi connectivity index (χ2v) is 11.5. The number of thiazole rings is 1. The van der Waals surface area contributed by atoms with E-state index in [1.807, 2.05) is 41.0 Å². The van der Waals surface area contributed by atoms with E-state index in [1.165, 1.54) is 42.7 Å². The molecule has 240 valence electrons. The number of ether oxygens (including phenoxy) is 2. The van der Waals surface area contributed by atoms with Crippen molar-refractivity contribution in [2.45, 2.75) is 25.7 Å². The maximum Gasteiger partial charge on any atom is 0.335 e. The van der Waals surface area contributed by atoms with Gasteiger partial charge in [0.2, 0.25) is 5.88 Å². The Morgan fingerprint density at radius 3 is 2.62 bits per heavy atom. The molecule has 6 aromatic rings. The van der Waals surface area contributed by atoms with Gasteiger partial charge in [-0.2, -0.15) is 5.26 Å². The predicted octanol–water partition coefficient (Wildman–Crippen LogP) is 6.09. The van der Waals surface area contributed by atoms with Gasteiger partial charge in [-0.1, -0.05) is 36.4 Å². The van der Waals surface area contributed by atoms with Gasteiger partial charge in [0.1, 0.15) is 18.2 Å². The van der Waals surface area contributed by atoms with E-state index in [4.69, 9.17) is 19.7 Å². The fraction of sp³-hybridized carbons (Fsp3) is 0.143. The van der Waals surface area contributed by atoms with Gasteiger partial charge in [0, 0.05) is 42.3 Å². The number of pyridine rings is 1. The molecule has 3 heterocycles. The number of amides is 1. The van der Waals surface area contributed by atoms with Crippen LogP contribution in [0.5, 0.6) is 5.88 Å². The molecule has 2 N–H and O–H groups in total. The number of hydrogen-bond acceptors (Lipinski definition) is 9. The van der Waals surface area contributed by atoms with Crippen LogP contribution in [-0.2, 0) is 29.1 Å². The van der Waals surface area contributed by atoms with Gasteiger partial charge in [0.15, 0.2) is 11.2 Å². The van der Waals surface area contributed by atoms with Crippen LogP contribution in [0.4, 0.5) is 9.52 Å². The molecule has 0 fully saturated rings. The highest BCUT2D eigenvalue weighted by Crippen LogP contribution is 2.25. The quantitative estimate of drug-likeness (QED) is 0.159. The number of aromatic nitrogens is 4. The molecule has 1 unspecified atom stereocenters. The first kappa shape index (κ1) is 32.0. The van der Waals surface area contributed by atoms with Crippen molar-refractivity contribution in [3.63, 3.8) is 0 Å². The second kappa shape index (κ2) is 14.2. The van der Waals surface area contributed by atoms with E-state index in [2.05, 4.69) is 15.3 Å². The molecule has 0 aliphatic heterocycles. The summed E-state index contributed by atoms with van der Waals surface area (Å²) < 4.78 is 27.4. The molecule has 1 atom stereocenters. The SMILES string of the molecule is COC(Cn1c(Cc2ccc(-c3cccc(OCc4ccc(C#N)cc4F)n3)cc2)nc2ccc(C(=O)O)cc21)C(=O)Nc1nccs1. The maximum atomic E-state index is 14.3. The van der Waals surface area contributed by atoms with Gasteiger partial charge in [-0.15, -0.1) is 11.3 Å². The van der Waals surface area contributed by atoms with Gasteiger partial charge < -0.3 is 19.1 Å². The normalized spacial score (nSPS) is 11.6. The monoisotopic (exact) mass is 662 g/mol. The molecular weight excluding hydrogens is 635 g/mol. The van der Waals surface area contributed by atoms with Crippen LogP contribution in [0.3, 0.4) is 0 Å². The van der Waals surface area contributed by atoms with Gasteiger partial charge in [0.05, 0.1) is 40.5 Å². The number of nitrogens with one attached hydrogen (secondary N) is 1. The molecule has 0 spiro atoms. The third-order valence-corrected chi connectivity index (χ3v) is 8.24. The fourth-order valence-corrected chi connectivity index (χ4v) is 5.60. The Labute approximate surface area is 277 Å². The number of fused-ring (bicyclic) bond motifs is 1. The van der Waals surface area contributed by atoms with Crippen LogP contribution in [0.1, 0.15) is 32.9 Å². The summed E-state index contributed by atoms with van der Waals surface area (Å²) in [5.74, 6) is -1.04. The maximum absolute atomic E-state index is 14.3. The molecule has 3 aromatic heterocycles. The van der Waals surface area contributed by atoms with E-state index in [1.54, 1.807) is 35.8 Å². The minimum Gasteiger partial charge on any atom is -0.478 e. The van der Waals surface area contributed by atoms with E-state index >= 15 is 0 Å². The van der Waals surface area contributed by atoms with Crippen molar-refractivity contribution in [3.8, 4) is 23.2 Å². The van der Waals surface area contributed by atoms with E-state index in [0.717, 1.165) is 11.1 Å². The molecule has 13 heteroatoms. The summed E-state index contributed by atoms with van der Waals surface area (Å²) in [6.45, 7) is 0.0438. The average molecular weight is 663 g/mol. The number of anilines is 1. The minimum absolute atomic E-state index is 0.0433. The number of rotatable bonds is 12. The van der Waals surface area contributed by atoms with Crippen LogP contribution >= 0.6 is 11.3 Å². The second-order valence-electron chi connectivity index (χ2n) is 10.6. The van der Waals surface area contributed by atoms with Crippen molar-refractivity contribution in [2.24, 2.45) is 0 Å². The number of halogens is 1. The highest BCUT2D eigenvalue weighted by molar-refractivity contribution is 7.13. The molecule has 0 aliphatic carbocycles. The summed E-state index contributed by atoms with van der Waals surface area (Å²) in [5, 5.41) is 23.5. The van der Waals surface area contributed by atoms with E-state index in [-0.39, 0.29) is 30.2 Å². The van der Waals surface area contributed by atoms with Crippen LogP contribution in [-0.4, -0.2) is 49.7 Å². The average Bonchev–Trinajstić information content (AvgIpc) is 3.73. The molecule has 6 rings (SSSR count). The number of imidazole rings is 1. The number of nitriles is 1. The van der Waals surface area contributed by atoms with Crippen molar-refractivity contribution < 1.29 is 28.6 Å². The number of aromatic carboxylic acids is 1. The molecule has 0 saturated carbocycles. The molecule has 3 aromatic carbocycles. The zero-order chi connectivity index (χ0) is 33.6. The van der Waals surface area contributed by atoms with Crippen molar-refractivity contribution in [3.05, 3.63) is 124 Å². The number of methoxy groups -OCH3 is 1. The first-order valence-corrected chi connectivity index (χ1v) is 15.5. The summed E-state index contributed by atoms with van der Waals surface area (Å²) in [7, 11) is 1.44. The number of carboxylic acid groups (broad SMARTS) is 1. The summed E-state index contributed by atoms with van der Waals surface area (Å²) >= 11 is 1.29. The Hall–Kier alpha value is -5.97. The Morgan fingerprint density at radius 2 is 1.92 bits per heavy atom. The molecule has 1 amide bonds. The van der Waals surface area contributed by atoms with Gasteiger partial charge in [0.25, 0.3) is 5.91 Å². The van der Waals surface area contributed by atoms with Gasteiger partial charge in [-0.25, -0.2) is 24.1 Å². The molecule has 0 bridgehead atoms. The Bertz CT molecular complexity index is 2140. The van der Waals surface area contributed by atoms with Gasteiger partial charge >= 0.3 is 5.97 Å². The molecule has 0 saturated heterocycles. The Morgan fingerprint density at radius 1 is 1.08 bits per heavy atom. The number of hydrogen-bond donors (Lipinski definition) is 2. The Balaban J connectivity index is 1.22. The first-order chi connectivity index (χ1) is 23.3. The predicted molar refractivity (Wildman–Crippen MR) is 176 cm³/mol. The third-order valence-electron chi connectivity index (χ3n) is 7.56. The third kappa shape index (κ3) is 7.20. The van der Waals surface area contributed by atoms with E-state index < -0.39 is 17.9 Å². The lowest BCUT2D eigenvalue weighted by Gasteiger charge is -2.17. The van der Waals surface area contributed by atoms with Crippen molar-refractivity contribution in [1.29, 1.82) is 5.26 Å². The zero-order valence-corrected chi connectivity index (χ0v) is 26.3. The lowest BCUT2D eigenvalue weighted by molar-refractivity contribution is -0.126. The summed E-state index contributed by atoms with van der Waals surface area (Å²) in [5.41, 5.74) is 4.19. The number of carbonyl (C=O) groups excluding carboxylic acids is 1. The molecular formula is C35H27FN6O5S. The lowest BCUT2D eigenvalue weighted by atomic mass is 10.1. The van der Waals surface area contributed by atoms with Crippen LogP contribution in [0.15, 0.2) is 90.4 Å². The van der Waals surface area contributed by atoms with Gasteiger partial charge in [-0.05, 0) is 42.0 Å². The van der Waals surface area contributed by atoms with Crippen LogP contribution in [0.25, 0.3) is 22.3 Å². The standard InChI is InChI=1S/C35H27FN6O5S/c1-46-30(33(43)41-35-38-13-14-48-35)19-42-29-17-24(34(44)45)11-12-28(29)39-31(42)16-21-5-8-23(9-6-21)27-3-2-4-32(40-27)47-20-25-10-7-22(18-37)15-26(25)36/h2-15,17,30H,16,19-20H2,1H3,(H,44,45)(H,38,41,43). The topological polar surface area (TPSA) is 152 Å². The van der Waals surface area contributed by atoms with Crippen molar-refractivity contribution in [2.75, 3.05) is 12.4 Å². The zero-order valence-electron chi connectivity index (χ0n) is 25.5. The molecule has 11 nitrogen and oxygen atoms in total. The minimum atomic E-state index is -1.07. The fourth-order valence-electron chi connectivity index (χ4n) is 5.06. The number of nitrogens with zero attached hydrogens (tertiary/aromatic N) is 5. The van der Waals surface area contributed by atoms with E-state index in [9.17, 15) is 19.1 Å². The smallest absolute Gasteiger partial charge is 0.335 e.